The highest BCUT2D eigenvalue weighted by Gasteiger charge is 2.55. The van der Waals surface area contributed by atoms with Gasteiger partial charge in [-0.25, -0.2) is 4.39 Å². The standard InChI is InChI=1S/C16H19Cl2FO/c17-12-6-5-11(9-13(12)19)20-15-10-14(18)16(15)7-3-1-2-4-8-16/h5-6,9,14-15H,1-4,7-8,10H2. The van der Waals surface area contributed by atoms with Gasteiger partial charge in [0.25, 0.3) is 0 Å². The van der Waals surface area contributed by atoms with E-state index in [0.717, 1.165) is 19.3 Å². The first-order valence-corrected chi connectivity index (χ1v) is 8.19. The van der Waals surface area contributed by atoms with E-state index in [9.17, 15) is 4.39 Å². The first-order valence-electron chi connectivity index (χ1n) is 7.37. The molecule has 1 aromatic carbocycles. The van der Waals surface area contributed by atoms with Crippen LogP contribution >= 0.6 is 23.2 Å². The van der Waals surface area contributed by atoms with Crippen molar-refractivity contribution in [1.29, 1.82) is 0 Å². The molecule has 2 aliphatic carbocycles. The molecule has 0 saturated heterocycles. The summed E-state index contributed by atoms with van der Waals surface area (Å²) in [7, 11) is 0. The van der Waals surface area contributed by atoms with E-state index in [1.54, 1.807) is 12.1 Å². The normalized spacial score (nSPS) is 28.8. The van der Waals surface area contributed by atoms with Gasteiger partial charge in [0.05, 0.1) is 5.02 Å². The Morgan fingerprint density at radius 1 is 1.15 bits per heavy atom. The molecule has 2 aliphatic rings. The van der Waals surface area contributed by atoms with E-state index in [2.05, 4.69) is 0 Å². The van der Waals surface area contributed by atoms with Crippen LogP contribution in [-0.4, -0.2) is 11.5 Å². The van der Waals surface area contributed by atoms with Crippen molar-refractivity contribution >= 4 is 23.2 Å². The Morgan fingerprint density at radius 2 is 1.85 bits per heavy atom. The van der Waals surface area contributed by atoms with Crippen molar-refractivity contribution in [2.24, 2.45) is 5.41 Å². The second kappa shape index (κ2) is 5.73. The van der Waals surface area contributed by atoms with Gasteiger partial charge in [0.1, 0.15) is 17.7 Å². The van der Waals surface area contributed by atoms with E-state index >= 15 is 0 Å². The van der Waals surface area contributed by atoms with Gasteiger partial charge in [0.15, 0.2) is 0 Å². The highest BCUT2D eigenvalue weighted by atomic mass is 35.5. The van der Waals surface area contributed by atoms with Crippen LogP contribution in [0, 0.1) is 11.2 Å². The van der Waals surface area contributed by atoms with Crippen molar-refractivity contribution in [2.45, 2.75) is 56.4 Å². The fraction of sp³-hybridized carbons (Fsp3) is 0.625. The molecule has 0 bridgehead atoms. The molecule has 0 heterocycles. The Balaban J connectivity index is 1.75. The monoisotopic (exact) mass is 316 g/mol. The van der Waals surface area contributed by atoms with Gasteiger partial charge in [-0.1, -0.05) is 37.3 Å². The summed E-state index contributed by atoms with van der Waals surface area (Å²) in [6.45, 7) is 0. The first kappa shape index (κ1) is 14.5. The van der Waals surface area contributed by atoms with Crippen molar-refractivity contribution < 1.29 is 9.13 Å². The zero-order chi connectivity index (χ0) is 14.2. The van der Waals surface area contributed by atoms with Crippen LogP contribution < -0.4 is 4.74 Å². The second-order valence-electron chi connectivity index (χ2n) is 6.03. The van der Waals surface area contributed by atoms with E-state index in [-0.39, 0.29) is 21.9 Å². The molecule has 0 radical (unpaired) electrons. The summed E-state index contributed by atoms with van der Waals surface area (Å²) in [5, 5.41) is 0.327. The minimum absolute atomic E-state index is 0.0914. The highest BCUT2D eigenvalue weighted by Crippen LogP contribution is 2.55. The van der Waals surface area contributed by atoms with Crippen LogP contribution in [0.15, 0.2) is 18.2 Å². The van der Waals surface area contributed by atoms with Gasteiger partial charge in [0, 0.05) is 23.3 Å². The summed E-state index contributed by atoms with van der Waals surface area (Å²) < 4.78 is 19.5. The predicted octanol–water partition coefficient (Wildman–Crippen LogP) is 5.58. The molecule has 2 unspecified atom stereocenters. The third-order valence-electron chi connectivity index (χ3n) is 4.89. The van der Waals surface area contributed by atoms with E-state index < -0.39 is 5.82 Å². The lowest BCUT2D eigenvalue weighted by Crippen LogP contribution is -2.57. The minimum Gasteiger partial charge on any atom is -0.490 e. The van der Waals surface area contributed by atoms with Gasteiger partial charge in [-0.2, -0.15) is 0 Å². The summed E-state index contributed by atoms with van der Waals surface area (Å²) in [6, 6.07) is 4.65. The van der Waals surface area contributed by atoms with Crippen molar-refractivity contribution in [3.63, 3.8) is 0 Å². The average molecular weight is 317 g/mol. The Kier molecular flexibility index (Phi) is 4.14. The van der Waals surface area contributed by atoms with Crippen LogP contribution in [0.4, 0.5) is 4.39 Å². The molecule has 1 aromatic rings. The molecule has 1 nitrogen and oxygen atoms in total. The maximum atomic E-state index is 13.5. The Labute approximate surface area is 129 Å². The number of ether oxygens (including phenoxy) is 1. The van der Waals surface area contributed by atoms with Gasteiger partial charge in [-0.05, 0) is 25.0 Å². The molecule has 20 heavy (non-hydrogen) atoms. The lowest BCUT2D eigenvalue weighted by Gasteiger charge is -2.53. The largest absolute Gasteiger partial charge is 0.490 e. The molecule has 4 heteroatoms. The first-order chi connectivity index (χ1) is 9.62. The van der Waals surface area contributed by atoms with Crippen molar-refractivity contribution in [1.82, 2.24) is 0 Å². The number of halogens is 3. The fourth-order valence-electron chi connectivity index (χ4n) is 3.60. The van der Waals surface area contributed by atoms with Gasteiger partial charge < -0.3 is 4.74 Å². The summed E-state index contributed by atoms with van der Waals surface area (Å²) in [6.07, 6.45) is 8.23. The second-order valence-corrected chi connectivity index (χ2v) is 6.97. The summed E-state index contributed by atoms with van der Waals surface area (Å²) in [5.41, 5.74) is 0.0914. The third kappa shape index (κ3) is 2.53. The van der Waals surface area contributed by atoms with Gasteiger partial charge in [-0.15, -0.1) is 11.6 Å². The number of benzene rings is 1. The van der Waals surface area contributed by atoms with Crippen LogP contribution in [0.1, 0.15) is 44.9 Å². The molecule has 0 N–H and O–H groups in total. The average Bonchev–Trinajstić information content (AvgIpc) is 2.70. The van der Waals surface area contributed by atoms with E-state index in [0.29, 0.717) is 5.75 Å². The predicted molar refractivity (Wildman–Crippen MR) is 80.2 cm³/mol. The molecule has 3 rings (SSSR count). The van der Waals surface area contributed by atoms with Crippen LogP contribution in [0.3, 0.4) is 0 Å². The van der Waals surface area contributed by atoms with Crippen molar-refractivity contribution in [3.8, 4) is 5.75 Å². The molecule has 1 spiro atoms. The van der Waals surface area contributed by atoms with Gasteiger partial charge >= 0.3 is 0 Å². The zero-order valence-electron chi connectivity index (χ0n) is 11.4. The van der Waals surface area contributed by atoms with Gasteiger partial charge in [0.2, 0.25) is 0 Å². The molecule has 110 valence electrons. The quantitative estimate of drug-likeness (QED) is 0.647. The number of hydrogen-bond donors (Lipinski definition) is 0. The third-order valence-corrected chi connectivity index (χ3v) is 5.81. The van der Waals surface area contributed by atoms with Crippen LogP contribution in [0.25, 0.3) is 0 Å². The molecule has 2 fully saturated rings. The summed E-state index contributed by atoms with van der Waals surface area (Å²) in [5.74, 6) is 0.130. The zero-order valence-corrected chi connectivity index (χ0v) is 12.9. The summed E-state index contributed by atoms with van der Waals surface area (Å²) in [4.78, 5) is 0. The van der Waals surface area contributed by atoms with Crippen LogP contribution in [0.5, 0.6) is 5.75 Å². The molecule has 2 saturated carbocycles. The lowest BCUT2D eigenvalue weighted by atomic mass is 9.61. The number of alkyl halides is 1. The van der Waals surface area contributed by atoms with Crippen LogP contribution in [-0.2, 0) is 0 Å². The molecule has 0 aliphatic heterocycles. The van der Waals surface area contributed by atoms with Crippen molar-refractivity contribution in [3.05, 3.63) is 29.0 Å². The molecular weight excluding hydrogens is 298 g/mol. The molecule has 2 atom stereocenters. The maximum absolute atomic E-state index is 13.5. The van der Waals surface area contributed by atoms with Gasteiger partial charge in [-0.3, -0.25) is 0 Å². The summed E-state index contributed by atoms with van der Waals surface area (Å²) >= 11 is 12.2. The van der Waals surface area contributed by atoms with Crippen LogP contribution in [0.2, 0.25) is 5.02 Å². The van der Waals surface area contributed by atoms with Crippen molar-refractivity contribution in [2.75, 3.05) is 0 Å². The highest BCUT2D eigenvalue weighted by molar-refractivity contribution is 6.30. The lowest BCUT2D eigenvalue weighted by molar-refractivity contribution is -0.0513. The number of rotatable bonds is 2. The Bertz CT molecular complexity index is 483. The SMILES string of the molecule is Fc1cc(OC2CC(Cl)C23CCCCCC3)ccc1Cl. The van der Waals surface area contributed by atoms with E-state index in [4.69, 9.17) is 27.9 Å². The van der Waals surface area contributed by atoms with E-state index in [1.165, 1.54) is 31.7 Å². The molecule has 0 aromatic heterocycles. The topological polar surface area (TPSA) is 9.23 Å². The smallest absolute Gasteiger partial charge is 0.145 e. The Hall–Kier alpha value is -0.470. The molecule has 0 amide bonds. The fourth-order valence-corrected chi connectivity index (χ4v) is 4.24. The maximum Gasteiger partial charge on any atom is 0.145 e. The number of hydrogen-bond acceptors (Lipinski definition) is 1. The van der Waals surface area contributed by atoms with E-state index in [1.807, 2.05) is 0 Å². The minimum atomic E-state index is -0.430. The Morgan fingerprint density at radius 3 is 2.45 bits per heavy atom. The molecular formula is C16H19Cl2FO.